The van der Waals surface area contributed by atoms with E-state index in [0.717, 1.165) is 23.6 Å². The minimum atomic E-state index is -2.92. The predicted molar refractivity (Wildman–Crippen MR) is 105 cm³/mol. The van der Waals surface area contributed by atoms with E-state index < -0.39 is 13.2 Å². The Balaban J connectivity index is 1.90. The van der Waals surface area contributed by atoms with Crippen molar-refractivity contribution in [3.05, 3.63) is 60.7 Å². The van der Waals surface area contributed by atoms with Gasteiger partial charge in [0.2, 0.25) is 0 Å². The molecule has 1 aliphatic heterocycles. The molecule has 0 amide bonds. The smallest absolute Gasteiger partial charge is 0.148 e. The molecule has 0 aliphatic carbocycles. The summed E-state index contributed by atoms with van der Waals surface area (Å²) >= 11 is 0. The third-order valence-corrected chi connectivity index (χ3v) is 8.97. The minimum absolute atomic E-state index is 0.318. The molecule has 2 aromatic carbocycles. The summed E-state index contributed by atoms with van der Waals surface area (Å²) in [5, 5.41) is 16.0. The number of rotatable bonds is 6. The maximum absolute atomic E-state index is 14.2. The van der Waals surface area contributed by atoms with Gasteiger partial charge in [0, 0.05) is 22.3 Å². The van der Waals surface area contributed by atoms with E-state index in [1.54, 1.807) is 0 Å². The van der Waals surface area contributed by atoms with Crippen molar-refractivity contribution in [1.82, 2.24) is 5.32 Å². The molecule has 3 atom stereocenters. The zero-order chi connectivity index (χ0) is 17.7. The lowest BCUT2D eigenvalue weighted by Crippen LogP contribution is -2.41. The van der Waals surface area contributed by atoms with Crippen molar-refractivity contribution in [2.24, 2.45) is 0 Å². The molecule has 2 N–H and O–H groups in total. The Hall–Kier alpha value is -1.41. The predicted octanol–water partition coefficient (Wildman–Crippen LogP) is 3.28. The summed E-state index contributed by atoms with van der Waals surface area (Å²) in [5.74, 6) is 0. The zero-order valence-corrected chi connectivity index (χ0v) is 15.7. The minimum Gasteiger partial charge on any atom is -0.392 e. The molecule has 1 fully saturated rings. The zero-order valence-electron chi connectivity index (χ0n) is 14.8. The van der Waals surface area contributed by atoms with E-state index in [1.807, 2.05) is 67.6 Å². The van der Waals surface area contributed by atoms with Gasteiger partial charge >= 0.3 is 0 Å². The second-order valence-corrected chi connectivity index (χ2v) is 10.2. The summed E-state index contributed by atoms with van der Waals surface area (Å²) in [7, 11) is -2.92. The molecule has 1 aliphatic rings. The largest absolute Gasteiger partial charge is 0.392 e. The van der Waals surface area contributed by atoms with Crippen LogP contribution >= 0.6 is 7.14 Å². The highest BCUT2D eigenvalue weighted by Crippen LogP contribution is 2.50. The van der Waals surface area contributed by atoms with Crippen LogP contribution in [0.25, 0.3) is 0 Å². The van der Waals surface area contributed by atoms with Gasteiger partial charge in [-0.3, -0.25) is 0 Å². The number of piperidine rings is 1. The van der Waals surface area contributed by atoms with Crippen LogP contribution in [0.4, 0.5) is 0 Å². The quantitative estimate of drug-likeness (QED) is 0.780. The van der Waals surface area contributed by atoms with Crippen molar-refractivity contribution in [2.75, 3.05) is 6.54 Å². The highest BCUT2D eigenvalue weighted by Gasteiger charge is 2.38. The van der Waals surface area contributed by atoms with Crippen LogP contribution in [0.2, 0.25) is 0 Å². The summed E-state index contributed by atoms with van der Waals surface area (Å²) < 4.78 is 14.2. The summed E-state index contributed by atoms with van der Waals surface area (Å²) in [6.45, 7) is 2.95. The van der Waals surface area contributed by atoms with E-state index >= 15 is 0 Å². The van der Waals surface area contributed by atoms with Gasteiger partial charge in [0.1, 0.15) is 7.14 Å². The van der Waals surface area contributed by atoms with Gasteiger partial charge in [-0.2, -0.15) is 0 Å². The Kier molecular flexibility index (Phi) is 6.11. The molecule has 4 heteroatoms. The molecular formula is C21H28NO2P. The molecular weight excluding hydrogens is 329 g/mol. The molecule has 0 spiro atoms. The first-order valence-corrected chi connectivity index (χ1v) is 11.0. The van der Waals surface area contributed by atoms with Crippen LogP contribution in [0.1, 0.15) is 32.6 Å². The van der Waals surface area contributed by atoms with Crippen molar-refractivity contribution in [2.45, 2.75) is 50.4 Å². The SMILES string of the molecule is C[C@H]([C@@H](O)C[C@H]1CCCCN1)P(=O)(c1ccccc1)c1ccccc1. The van der Waals surface area contributed by atoms with E-state index in [-0.39, 0.29) is 5.66 Å². The van der Waals surface area contributed by atoms with Crippen molar-refractivity contribution in [1.29, 1.82) is 0 Å². The highest BCUT2D eigenvalue weighted by atomic mass is 31.2. The number of aliphatic hydroxyl groups is 1. The van der Waals surface area contributed by atoms with Gasteiger partial charge in [0.25, 0.3) is 0 Å². The molecule has 134 valence electrons. The van der Waals surface area contributed by atoms with Crippen LogP contribution in [0.15, 0.2) is 60.7 Å². The van der Waals surface area contributed by atoms with Gasteiger partial charge in [-0.05, 0) is 25.8 Å². The average molecular weight is 357 g/mol. The Labute approximate surface area is 150 Å². The molecule has 1 saturated heterocycles. The maximum Gasteiger partial charge on any atom is 0.148 e. The van der Waals surface area contributed by atoms with Crippen LogP contribution in [0.5, 0.6) is 0 Å². The Bertz CT molecular complexity index is 655. The van der Waals surface area contributed by atoms with Gasteiger partial charge in [0.05, 0.1) is 6.10 Å². The lowest BCUT2D eigenvalue weighted by molar-refractivity contribution is 0.141. The molecule has 1 heterocycles. The first kappa shape index (κ1) is 18.4. The molecule has 0 unspecified atom stereocenters. The van der Waals surface area contributed by atoms with Crippen LogP contribution in [-0.2, 0) is 4.57 Å². The van der Waals surface area contributed by atoms with Crippen molar-refractivity contribution in [3.8, 4) is 0 Å². The van der Waals surface area contributed by atoms with E-state index in [0.29, 0.717) is 12.5 Å². The van der Waals surface area contributed by atoms with Gasteiger partial charge in [0.15, 0.2) is 0 Å². The standard InChI is InChI=1S/C21H28NO2P/c1-17(21(23)16-18-10-8-9-15-22-18)25(24,19-11-4-2-5-12-19)20-13-6-3-7-14-20/h2-7,11-14,17-18,21-23H,8-10,15-16H2,1H3/t17-,18-,21+/m1/s1. The highest BCUT2D eigenvalue weighted by molar-refractivity contribution is 7.79. The lowest BCUT2D eigenvalue weighted by atomic mass is 9.98. The summed E-state index contributed by atoms with van der Waals surface area (Å²) in [6.07, 6.45) is 3.56. The fourth-order valence-electron chi connectivity index (χ4n) is 3.77. The average Bonchev–Trinajstić information content (AvgIpc) is 2.69. The monoisotopic (exact) mass is 357 g/mol. The van der Waals surface area contributed by atoms with Crippen molar-refractivity contribution < 1.29 is 9.67 Å². The lowest BCUT2D eigenvalue weighted by Gasteiger charge is -2.32. The fourth-order valence-corrected chi connectivity index (χ4v) is 6.85. The number of nitrogens with one attached hydrogen (secondary N) is 1. The summed E-state index contributed by atoms with van der Waals surface area (Å²) in [6, 6.07) is 19.6. The van der Waals surface area contributed by atoms with E-state index in [4.69, 9.17) is 0 Å². The molecule has 0 aromatic heterocycles. The van der Waals surface area contributed by atoms with Crippen LogP contribution in [-0.4, -0.2) is 29.5 Å². The number of hydrogen-bond donors (Lipinski definition) is 2. The molecule has 0 saturated carbocycles. The number of hydrogen-bond acceptors (Lipinski definition) is 3. The van der Waals surface area contributed by atoms with Gasteiger partial charge in [-0.1, -0.05) is 74.0 Å². The van der Waals surface area contributed by atoms with Gasteiger partial charge in [-0.15, -0.1) is 0 Å². The fraction of sp³-hybridized carbons (Fsp3) is 0.429. The molecule has 2 aromatic rings. The molecule has 0 radical (unpaired) electrons. The summed E-state index contributed by atoms with van der Waals surface area (Å²) in [4.78, 5) is 0. The molecule has 3 rings (SSSR count). The third kappa shape index (κ3) is 4.06. The number of aliphatic hydroxyl groups excluding tert-OH is 1. The van der Waals surface area contributed by atoms with Crippen molar-refractivity contribution >= 4 is 17.8 Å². The topological polar surface area (TPSA) is 49.3 Å². The molecule has 0 bridgehead atoms. The third-order valence-electron chi connectivity index (χ3n) is 5.35. The summed E-state index contributed by atoms with van der Waals surface area (Å²) in [5.41, 5.74) is -0.318. The first-order valence-electron chi connectivity index (χ1n) is 9.25. The van der Waals surface area contributed by atoms with Crippen LogP contribution < -0.4 is 15.9 Å². The second-order valence-electron chi connectivity index (χ2n) is 7.02. The second kappa shape index (κ2) is 8.31. The van der Waals surface area contributed by atoms with E-state index in [9.17, 15) is 9.67 Å². The molecule has 3 nitrogen and oxygen atoms in total. The Morgan fingerprint density at radius 2 is 1.60 bits per heavy atom. The first-order chi connectivity index (χ1) is 12.1. The van der Waals surface area contributed by atoms with Gasteiger partial charge in [-0.25, -0.2) is 0 Å². The Morgan fingerprint density at radius 1 is 1.04 bits per heavy atom. The Morgan fingerprint density at radius 3 is 2.08 bits per heavy atom. The van der Waals surface area contributed by atoms with Crippen molar-refractivity contribution in [3.63, 3.8) is 0 Å². The number of benzene rings is 2. The van der Waals surface area contributed by atoms with E-state index in [1.165, 1.54) is 12.8 Å². The normalized spacial score (nSPS) is 20.8. The van der Waals surface area contributed by atoms with Gasteiger partial charge < -0.3 is 15.0 Å². The molecule has 25 heavy (non-hydrogen) atoms. The van der Waals surface area contributed by atoms with E-state index in [2.05, 4.69) is 5.32 Å². The van der Waals surface area contributed by atoms with Crippen LogP contribution in [0, 0.1) is 0 Å². The van der Waals surface area contributed by atoms with Crippen LogP contribution in [0.3, 0.4) is 0 Å². The maximum atomic E-state index is 14.2.